The van der Waals surface area contributed by atoms with Crippen molar-refractivity contribution in [2.24, 2.45) is 5.73 Å². The molecule has 0 radical (unpaired) electrons. The van der Waals surface area contributed by atoms with Gasteiger partial charge in [0, 0.05) is 18.0 Å². The van der Waals surface area contributed by atoms with Crippen molar-refractivity contribution >= 4 is 6.08 Å². The molecule has 0 unspecified atom stereocenters. The van der Waals surface area contributed by atoms with E-state index in [0.29, 0.717) is 0 Å². The fraction of sp³-hybridized carbons (Fsp3) is 0. The molecule has 0 saturated heterocycles. The van der Waals surface area contributed by atoms with Crippen LogP contribution in [0.15, 0.2) is 24.9 Å². The number of rotatable bonds is 1. The molecule has 0 aromatic carbocycles. The zero-order valence-corrected chi connectivity index (χ0v) is 4.86. The largest absolute Gasteiger partial charge is 0.405 e. The third-order valence-corrected chi connectivity index (χ3v) is 0.869. The standard InChI is InChI=1S/C6H7N3/c7-2-1-6-3-8-5-9-4-6/h1-5H,7H2/b2-1+. The van der Waals surface area contributed by atoms with Gasteiger partial charge in [0.05, 0.1) is 0 Å². The highest BCUT2D eigenvalue weighted by molar-refractivity contribution is 5.45. The van der Waals surface area contributed by atoms with Crippen LogP contribution in [-0.4, -0.2) is 9.97 Å². The summed E-state index contributed by atoms with van der Waals surface area (Å²) in [5.41, 5.74) is 6.04. The molecule has 1 rings (SSSR count). The van der Waals surface area contributed by atoms with E-state index in [1.165, 1.54) is 12.5 Å². The molecule has 0 atom stereocenters. The zero-order valence-electron chi connectivity index (χ0n) is 4.86. The van der Waals surface area contributed by atoms with E-state index in [1.54, 1.807) is 18.5 Å². The monoisotopic (exact) mass is 121 g/mol. The van der Waals surface area contributed by atoms with Crippen molar-refractivity contribution < 1.29 is 0 Å². The van der Waals surface area contributed by atoms with Crippen LogP contribution in [-0.2, 0) is 0 Å². The Hall–Kier alpha value is -1.38. The molecule has 9 heavy (non-hydrogen) atoms. The topological polar surface area (TPSA) is 51.8 Å². The van der Waals surface area contributed by atoms with Gasteiger partial charge in [-0.05, 0) is 12.3 Å². The van der Waals surface area contributed by atoms with Crippen LogP contribution in [0.4, 0.5) is 0 Å². The van der Waals surface area contributed by atoms with E-state index < -0.39 is 0 Å². The maximum Gasteiger partial charge on any atom is 0.115 e. The van der Waals surface area contributed by atoms with Gasteiger partial charge in [-0.1, -0.05) is 0 Å². The van der Waals surface area contributed by atoms with Gasteiger partial charge >= 0.3 is 0 Å². The maximum absolute atomic E-state index is 5.12. The molecule has 46 valence electrons. The molecule has 3 nitrogen and oxygen atoms in total. The Balaban J connectivity index is 2.85. The summed E-state index contributed by atoms with van der Waals surface area (Å²) in [6.45, 7) is 0. The highest BCUT2D eigenvalue weighted by Crippen LogP contribution is 1.92. The van der Waals surface area contributed by atoms with Gasteiger partial charge in [0.2, 0.25) is 0 Å². The quantitative estimate of drug-likeness (QED) is 0.585. The van der Waals surface area contributed by atoms with Gasteiger partial charge in [-0.25, -0.2) is 9.97 Å². The normalized spacial score (nSPS) is 10.2. The van der Waals surface area contributed by atoms with Gasteiger partial charge in [0.15, 0.2) is 0 Å². The number of aromatic nitrogens is 2. The lowest BCUT2D eigenvalue weighted by Gasteiger charge is -1.85. The zero-order chi connectivity index (χ0) is 6.53. The van der Waals surface area contributed by atoms with Crippen LogP contribution in [0.1, 0.15) is 5.56 Å². The minimum absolute atomic E-state index is 0.917. The Morgan fingerprint density at radius 3 is 2.56 bits per heavy atom. The second kappa shape index (κ2) is 2.81. The van der Waals surface area contributed by atoms with Gasteiger partial charge in [-0.3, -0.25) is 0 Å². The first kappa shape index (κ1) is 5.75. The minimum Gasteiger partial charge on any atom is -0.405 e. The van der Waals surface area contributed by atoms with E-state index >= 15 is 0 Å². The van der Waals surface area contributed by atoms with Crippen LogP contribution in [0.2, 0.25) is 0 Å². The molecule has 0 bridgehead atoms. The van der Waals surface area contributed by atoms with Crippen molar-refractivity contribution in [1.82, 2.24) is 9.97 Å². The Morgan fingerprint density at radius 2 is 2.00 bits per heavy atom. The van der Waals surface area contributed by atoms with Gasteiger partial charge in [-0.15, -0.1) is 0 Å². The summed E-state index contributed by atoms with van der Waals surface area (Å²) >= 11 is 0. The minimum atomic E-state index is 0.917. The van der Waals surface area contributed by atoms with E-state index in [9.17, 15) is 0 Å². The molecule has 1 aromatic rings. The molecule has 0 fully saturated rings. The molecule has 1 heterocycles. The Morgan fingerprint density at radius 1 is 1.33 bits per heavy atom. The Kier molecular flexibility index (Phi) is 1.80. The van der Waals surface area contributed by atoms with Crippen molar-refractivity contribution in [2.75, 3.05) is 0 Å². The van der Waals surface area contributed by atoms with Crippen LogP contribution in [0.3, 0.4) is 0 Å². The van der Waals surface area contributed by atoms with E-state index in [-0.39, 0.29) is 0 Å². The number of hydrogen-bond acceptors (Lipinski definition) is 3. The second-order valence-corrected chi connectivity index (χ2v) is 1.53. The Bertz CT molecular complexity index is 193. The second-order valence-electron chi connectivity index (χ2n) is 1.53. The molecule has 3 heteroatoms. The van der Waals surface area contributed by atoms with Gasteiger partial charge < -0.3 is 5.73 Å². The average molecular weight is 121 g/mol. The predicted molar refractivity (Wildman–Crippen MR) is 35.3 cm³/mol. The predicted octanol–water partition coefficient (Wildman–Crippen LogP) is 0.406. The third kappa shape index (κ3) is 1.53. The number of hydrogen-bond donors (Lipinski definition) is 1. The summed E-state index contributed by atoms with van der Waals surface area (Å²) in [6, 6.07) is 0. The lowest BCUT2D eigenvalue weighted by Crippen LogP contribution is -1.80. The van der Waals surface area contributed by atoms with E-state index in [4.69, 9.17) is 5.73 Å². The van der Waals surface area contributed by atoms with Crippen molar-refractivity contribution in [1.29, 1.82) is 0 Å². The summed E-state index contributed by atoms with van der Waals surface area (Å²) in [4.78, 5) is 7.57. The van der Waals surface area contributed by atoms with E-state index in [1.807, 2.05) is 0 Å². The first-order valence-electron chi connectivity index (χ1n) is 2.57. The molecule has 2 N–H and O–H groups in total. The summed E-state index contributed by atoms with van der Waals surface area (Å²) in [5.74, 6) is 0. The fourth-order valence-corrected chi connectivity index (χ4v) is 0.508. The molecule has 0 aliphatic rings. The summed E-state index contributed by atoms with van der Waals surface area (Å²) in [5, 5.41) is 0. The van der Waals surface area contributed by atoms with Crippen molar-refractivity contribution in [2.45, 2.75) is 0 Å². The lowest BCUT2D eigenvalue weighted by atomic mass is 10.3. The van der Waals surface area contributed by atoms with Crippen LogP contribution in [0.25, 0.3) is 6.08 Å². The SMILES string of the molecule is N/C=C/c1cncnc1. The molecule has 0 aliphatic carbocycles. The van der Waals surface area contributed by atoms with Crippen LogP contribution in [0.5, 0.6) is 0 Å². The summed E-state index contributed by atoms with van der Waals surface area (Å²) < 4.78 is 0. The van der Waals surface area contributed by atoms with Crippen LogP contribution in [0, 0.1) is 0 Å². The van der Waals surface area contributed by atoms with Crippen molar-refractivity contribution in [3.63, 3.8) is 0 Å². The molecule has 1 aromatic heterocycles. The van der Waals surface area contributed by atoms with Crippen molar-refractivity contribution in [3.05, 3.63) is 30.5 Å². The molecule has 0 spiro atoms. The summed E-state index contributed by atoms with van der Waals surface area (Å²) in [7, 11) is 0. The van der Waals surface area contributed by atoms with Crippen LogP contribution < -0.4 is 5.73 Å². The molecule has 0 saturated carbocycles. The smallest absolute Gasteiger partial charge is 0.115 e. The van der Waals surface area contributed by atoms with E-state index in [0.717, 1.165) is 5.56 Å². The first-order valence-corrected chi connectivity index (χ1v) is 2.57. The van der Waals surface area contributed by atoms with Gasteiger partial charge in [0.1, 0.15) is 6.33 Å². The molecular formula is C6H7N3. The maximum atomic E-state index is 5.12. The molecule has 0 amide bonds. The van der Waals surface area contributed by atoms with Crippen LogP contribution >= 0.6 is 0 Å². The molecule has 0 aliphatic heterocycles. The lowest BCUT2D eigenvalue weighted by molar-refractivity contribution is 1.16. The fourth-order valence-electron chi connectivity index (χ4n) is 0.508. The van der Waals surface area contributed by atoms with Gasteiger partial charge in [-0.2, -0.15) is 0 Å². The third-order valence-electron chi connectivity index (χ3n) is 0.869. The van der Waals surface area contributed by atoms with Crippen molar-refractivity contribution in [3.8, 4) is 0 Å². The average Bonchev–Trinajstić information content (AvgIpc) is 1.91. The van der Waals surface area contributed by atoms with Gasteiger partial charge in [0.25, 0.3) is 0 Å². The highest BCUT2D eigenvalue weighted by Gasteiger charge is 1.80. The first-order chi connectivity index (χ1) is 4.43. The Labute approximate surface area is 53.3 Å². The summed E-state index contributed by atoms with van der Waals surface area (Å²) in [6.07, 6.45) is 8.05. The number of nitrogens with two attached hydrogens (primary N) is 1. The van der Waals surface area contributed by atoms with E-state index in [2.05, 4.69) is 9.97 Å². The highest BCUT2D eigenvalue weighted by atomic mass is 14.8. The molecular weight excluding hydrogens is 114 g/mol. The number of nitrogens with zero attached hydrogens (tertiary/aromatic N) is 2.